The summed E-state index contributed by atoms with van der Waals surface area (Å²) in [4.78, 5) is 0. The summed E-state index contributed by atoms with van der Waals surface area (Å²) in [6, 6.07) is 7.82. The van der Waals surface area contributed by atoms with Crippen molar-refractivity contribution in [3.8, 4) is 0 Å². The van der Waals surface area contributed by atoms with E-state index in [1.165, 1.54) is 18.2 Å². The maximum absolute atomic E-state index is 13.6. The number of halogens is 3. The maximum atomic E-state index is 13.6. The molecule has 0 aromatic heterocycles. The van der Waals surface area contributed by atoms with Gasteiger partial charge in [-0.3, -0.25) is 0 Å². The number of aryl methyl sites for hydroxylation is 1. The number of hydrogen-bond acceptors (Lipinski definition) is 1. The largest absolute Gasteiger partial charge is 0.310 e. The van der Waals surface area contributed by atoms with Crippen LogP contribution in [0.25, 0.3) is 0 Å². The van der Waals surface area contributed by atoms with Crippen LogP contribution in [0.15, 0.2) is 36.4 Å². The van der Waals surface area contributed by atoms with Gasteiger partial charge >= 0.3 is 0 Å². The van der Waals surface area contributed by atoms with Gasteiger partial charge in [0, 0.05) is 11.6 Å². The highest BCUT2D eigenvalue weighted by Crippen LogP contribution is 2.18. The van der Waals surface area contributed by atoms with Gasteiger partial charge in [-0.1, -0.05) is 6.07 Å². The fraction of sp³-hybridized carbons (Fsp3) is 0.294. The van der Waals surface area contributed by atoms with Crippen molar-refractivity contribution >= 4 is 0 Å². The Kier molecular flexibility index (Phi) is 5.02. The zero-order chi connectivity index (χ0) is 15.4. The van der Waals surface area contributed by atoms with Crippen LogP contribution < -0.4 is 5.32 Å². The molecule has 0 spiro atoms. The molecule has 2 rings (SSSR count). The number of benzene rings is 2. The van der Waals surface area contributed by atoms with Crippen LogP contribution in [-0.2, 0) is 6.42 Å². The van der Waals surface area contributed by atoms with Gasteiger partial charge in [0.2, 0.25) is 0 Å². The fourth-order valence-electron chi connectivity index (χ4n) is 2.32. The first-order valence-electron chi connectivity index (χ1n) is 6.90. The van der Waals surface area contributed by atoms with Crippen LogP contribution in [0.4, 0.5) is 13.2 Å². The zero-order valence-corrected chi connectivity index (χ0v) is 12.1. The molecule has 0 saturated heterocycles. The van der Waals surface area contributed by atoms with Gasteiger partial charge in [-0.15, -0.1) is 0 Å². The molecule has 0 aliphatic rings. The van der Waals surface area contributed by atoms with Crippen molar-refractivity contribution in [1.29, 1.82) is 0 Å². The van der Waals surface area contributed by atoms with E-state index in [0.717, 1.165) is 23.3 Å². The van der Waals surface area contributed by atoms with Crippen molar-refractivity contribution in [1.82, 2.24) is 5.32 Å². The van der Waals surface area contributed by atoms with Gasteiger partial charge in [0.1, 0.15) is 17.5 Å². The lowest BCUT2D eigenvalue weighted by Crippen LogP contribution is -2.22. The highest BCUT2D eigenvalue weighted by atomic mass is 19.1. The van der Waals surface area contributed by atoms with Gasteiger partial charge < -0.3 is 5.32 Å². The summed E-state index contributed by atoms with van der Waals surface area (Å²) in [5.41, 5.74) is 2.24. The Morgan fingerprint density at radius 3 is 2.38 bits per heavy atom. The Morgan fingerprint density at radius 2 is 1.67 bits per heavy atom. The summed E-state index contributed by atoms with van der Waals surface area (Å²) in [6.45, 7) is 4.24. The maximum Gasteiger partial charge on any atom is 0.128 e. The van der Waals surface area contributed by atoms with Gasteiger partial charge in [-0.2, -0.15) is 0 Å². The normalized spacial score (nSPS) is 12.4. The molecule has 0 heterocycles. The van der Waals surface area contributed by atoms with Gasteiger partial charge in [0.25, 0.3) is 0 Å². The summed E-state index contributed by atoms with van der Waals surface area (Å²) in [7, 11) is 0. The van der Waals surface area contributed by atoms with E-state index in [-0.39, 0.29) is 11.9 Å². The lowest BCUT2D eigenvalue weighted by Gasteiger charge is -2.15. The average Bonchev–Trinajstić information content (AvgIpc) is 2.43. The van der Waals surface area contributed by atoms with Gasteiger partial charge in [-0.25, -0.2) is 13.2 Å². The summed E-state index contributed by atoms with van der Waals surface area (Å²) >= 11 is 0. The minimum absolute atomic E-state index is 0.251. The summed E-state index contributed by atoms with van der Waals surface area (Å²) in [5, 5.41) is 3.16. The van der Waals surface area contributed by atoms with Crippen LogP contribution in [-0.4, -0.2) is 6.54 Å². The quantitative estimate of drug-likeness (QED) is 0.866. The first-order chi connectivity index (χ1) is 9.97. The Bertz CT molecular complexity index is 625. The van der Waals surface area contributed by atoms with Crippen molar-refractivity contribution in [2.75, 3.05) is 6.54 Å². The molecular weight excluding hydrogens is 275 g/mol. The summed E-state index contributed by atoms with van der Waals surface area (Å²) in [5.74, 6) is -1.12. The second kappa shape index (κ2) is 6.76. The first-order valence-corrected chi connectivity index (χ1v) is 6.90. The molecule has 0 fully saturated rings. The van der Waals surface area contributed by atoms with E-state index in [4.69, 9.17) is 0 Å². The molecule has 21 heavy (non-hydrogen) atoms. The predicted molar refractivity (Wildman–Crippen MR) is 77.6 cm³/mol. The minimum Gasteiger partial charge on any atom is -0.310 e. The highest BCUT2D eigenvalue weighted by Gasteiger charge is 2.11. The Hall–Kier alpha value is -1.81. The molecule has 0 aliphatic carbocycles. The Morgan fingerprint density at radius 1 is 1.00 bits per heavy atom. The van der Waals surface area contributed by atoms with Crippen LogP contribution in [0.3, 0.4) is 0 Å². The van der Waals surface area contributed by atoms with Crippen LogP contribution >= 0.6 is 0 Å². The first kappa shape index (κ1) is 15.6. The monoisotopic (exact) mass is 293 g/mol. The molecule has 1 nitrogen and oxygen atoms in total. The molecule has 1 atom stereocenters. The smallest absolute Gasteiger partial charge is 0.128 e. The SMILES string of the molecule is Cc1cc(F)ccc1CCNC(C)c1cc(F)ccc1F. The van der Waals surface area contributed by atoms with Crippen molar-refractivity contribution in [2.24, 2.45) is 0 Å². The molecule has 2 aromatic rings. The summed E-state index contributed by atoms with van der Waals surface area (Å²) < 4.78 is 39.8. The van der Waals surface area contributed by atoms with Crippen molar-refractivity contribution in [3.05, 3.63) is 70.5 Å². The molecule has 0 radical (unpaired) electrons. The fourth-order valence-corrected chi connectivity index (χ4v) is 2.32. The topological polar surface area (TPSA) is 12.0 Å². The lowest BCUT2D eigenvalue weighted by molar-refractivity contribution is 0.520. The van der Waals surface area contributed by atoms with E-state index in [0.29, 0.717) is 18.5 Å². The van der Waals surface area contributed by atoms with Crippen molar-refractivity contribution in [2.45, 2.75) is 26.3 Å². The van der Waals surface area contributed by atoms with E-state index in [1.807, 2.05) is 6.92 Å². The van der Waals surface area contributed by atoms with Crippen molar-refractivity contribution in [3.63, 3.8) is 0 Å². The molecule has 0 amide bonds. The molecule has 0 saturated carbocycles. The van der Waals surface area contributed by atoms with E-state index in [9.17, 15) is 13.2 Å². The van der Waals surface area contributed by atoms with E-state index in [2.05, 4.69) is 5.32 Å². The Balaban J connectivity index is 1.95. The third-order valence-electron chi connectivity index (χ3n) is 3.57. The standard InChI is InChI=1S/C17H18F3N/c1-11-9-14(18)4-3-13(11)7-8-21-12(2)16-10-15(19)5-6-17(16)20/h3-6,9-10,12,21H,7-8H2,1-2H3. The molecule has 0 bridgehead atoms. The van der Waals surface area contributed by atoms with E-state index < -0.39 is 11.6 Å². The van der Waals surface area contributed by atoms with Crippen molar-refractivity contribution < 1.29 is 13.2 Å². The van der Waals surface area contributed by atoms with Crippen LogP contribution in [0.2, 0.25) is 0 Å². The van der Waals surface area contributed by atoms with Gasteiger partial charge in [0.15, 0.2) is 0 Å². The zero-order valence-electron chi connectivity index (χ0n) is 12.1. The summed E-state index contributed by atoms with van der Waals surface area (Å²) in [6.07, 6.45) is 0.702. The third-order valence-corrected chi connectivity index (χ3v) is 3.57. The predicted octanol–water partition coefficient (Wildman–Crippen LogP) is 4.31. The Labute approximate surface area is 122 Å². The molecule has 4 heteroatoms. The molecule has 1 N–H and O–H groups in total. The van der Waals surface area contributed by atoms with E-state index >= 15 is 0 Å². The van der Waals surface area contributed by atoms with Crippen LogP contribution in [0, 0.1) is 24.4 Å². The van der Waals surface area contributed by atoms with E-state index in [1.54, 1.807) is 13.0 Å². The van der Waals surface area contributed by atoms with Gasteiger partial charge in [0.05, 0.1) is 0 Å². The second-order valence-corrected chi connectivity index (χ2v) is 5.16. The second-order valence-electron chi connectivity index (χ2n) is 5.16. The molecule has 0 aliphatic heterocycles. The highest BCUT2D eigenvalue weighted by molar-refractivity contribution is 5.27. The van der Waals surface area contributed by atoms with Gasteiger partial charge in [-0.05, 0) is 68.3 Å². The number of nitrogens with one attached hydrogen (secondary N) is 1. The minimum atomic E-state index is -0.450. The molecule has 1 unspecified atom stereocenters. The van der Waals surface area contributed by atoms with Crippen LogP contribution in [0.1, 0.15) is 29.7 Å². The number of rotatable bonds is 5. The lowest BCUT2D eigenvalue weighted by atomic mass is 10.0. The van der Waals surface area contributed by atoms with Crippen LogP contribution in [0.5, 0.6) is 0 Å². The number of hydrogen-bond donors (Lipinski definition) is 1. The molecular formula is C17H18F3N. The molecule has 112 valence electrons. The molecule has 2 aromatic carbocycles. The third kappa shape index (κ3) is 4.08. The average molecular weight is 293 g/mol.